The Morgan fingerprint density at radius 2 is 2.05 bits per heavy atom. The first-order valence-corrected chi connectivity index (χ1v) is 8.30. The van der Waals surface area contributed by atoms with Gasteiger partial charge >= 0.3 is 0 Å². The summed E-state index contributed by atoms with van der Waals surface area (Å²) in [5.74, 6) is 0.914. The Morgan fingerprint density at radius 1 is 1.30 bits per heavy atom. The first-order valence-electron chi connectivity index (χ1n) is 6.64. The zero-order chi connectivity index (χ0) is 14.6. The number of nitrogens with two attached hydrogens (primary N) is 1. The summed E-state index contributed by atoms with van der Waals surface area (Å²) in [7, 11) is -3.28. The highest BCUT2D eigenvalue weighted by atomic mass is 32.2. The lowest BCUT2D eigenvalue weighted by molar-refractivity contribution is 0.594. The molecule has 6 heteroatoms. The monoisotopic (exact) mass is 293 g/mol. The molecule has 0 saturated carbocycles. The zero-order valence-corrected chi connectivity index (χ0v) is 12.3. The van der Waals surface area contributed by atoms with E-state index in [2.05, 4.69) is 4.98 Å². The number of para-hydroxylation sites is 1. The van der Waals surface area contributed by atoms with Crippen LogP contribution in [0.25, 0.3) is 5.69 Å². The van der Waals surface area contributed by atoms with Crippen LogP contribution in [0.1, 0.15) is 19.2 Å². The van der Waals surface area contributed by atoms with E-state index in [4.69, 9.17) is 5.73 Å². The highest BCUT2D eigenvalue weighted by Crippen LogP contribution is 2.22. The normalized spacial score (nSPS) is 11.7. The molecular weight excluding hydrogens is 274 g/mol. The molecular formula is C14H19N3O2S. The molecule has 0 unspecified atom stereocenters. The summed E-state index contributed by atoms with van der Waals surface area (Å²) in [5, 5.41) is 0. The second-order valence-corrected chi connectivity index (χ2v) is 6.62. The average Bonchev–Trinajstić information content (AvgIpc) is 2.87. The Bertz CT molecular complexity index is 677. The lowest BCUT2D eigenvalue weighted by Gasteiger charge is -2.13. The summed E-state index contributed by atoms with van der Waals surface area (Å²) in [6, 6.07) is 7.01. The third kappa shape index (κ3) is 2.91. The van der Waals surface area contributed by atoms with Gasteiger partial charge < -0.3 is 10.3 Å². The smallest absolute Gasteiger partial charge is 0.180 e. The molecule has 0 fully saturated rings. The molecule has 1 aromatic heterocycles. The molecule has 0 aliphatic rings. The van der Waals surface area contributed by atoms with Gasteiger partial charge in [0.15, 0.2) is 9.84 Å². The predicted octanol–water partition coefficient (Wildman–Crippen LogP) is 1.56. The van der Waals surface area contributed by atoms with E-state index in [0.29, 0.717) is 30.0 Å². The van der Waals surface area contributed by atoms with E-state index in [0.717, 1.165) is 5.82 Å². The molecule has 0 atom stereocenters. The summed E-state index contributed by atoms with van der Waals surface area (Å²) in [5.41, 5.74) is 6.21. The van der Waals surface area contributed by atoms with Crippen LogP contribution in [0.4, 0.5) is 0 Å². The topological polar surface area (TPSA) is 78.0 Å². The Morgan fingerprint density at radius 3 is 2.75 bits per heavy atom. The van der Waals surface area contributed by atoms with Crippen molar-refractivity contribution in [1.82, 2.24) is 9.55 Å². The molecule has 2 N–H and O–H groups in total. The van der Waals surface area contributed by atoms with Gasteiger partial charge in [-0.05, 0) is 25.1 Å². The van der Waals surface area contributed by atoms with Gasteiger partial charge in [-0.25, -0.2) is 13.4 Å². The lowest BCUT2D eigenvalue weighted by atomic mass is 10.3. The van der Waals surface area contributed by atoms with Gasteiger partial charge in [0, 0.05) is 18.8 Å². The standard InChI is InChI=1S/C14H19N3O2S/c1-2-11-20(18,19)13-6-4-3-5-12(13)17-10-9-16-14(17)7-8-15/h3-6,9-10H,2,7-8,11,15H2,1H3. The van der Waals surface area contributed by atoms with Crippen molar-refractivity contribution in [3.05, 3.63) is 42.5 Å². The molecule has 0 aliphatic carbocycles. The van der Waals surface area contributed by atoms with Crippen molar-refractivity contribution < 1.29 is 8.42 Å². The third-order valence-electron chi connectivity index (χ3n) is 3.02. The molecule has 0 radical (unpaired) electrons. The van der Waals surface area contributed by atoms with Gasteiger partial charge in [0.2, 0.25) is 0 Å². The van der Waals surface area contributed by atoms with Crippen LogP contribution in [0.2, 0.25) is 0 Å². The fourth-order valence-corrected chi connectivity index (χ4v) is 3.69. The molecule has 1 heterocycles. The van der Waals surface area contributed by atoms with Crippen LogP contribution >= 0.6 is 0 Å². The van der Waals surface area contributed by atoms with E-state index < -0.39 is 9.84 Å². The zero-order valence-electron chi connectivity index (χ0n) is 11.5. The number of aromatic nitrogens is 2. The van der Waals surface area contributed by atoms with Crippen LogP contribution in [0.3, 0.4) is 0 Å². The molecule has 2 aromatic rings. The van der Waals surface area contributed by atoms with Gasteiger partial charge in [-0.3, -0.25) is 0 Å². The maximum absolute atomic E-state index is 12.4. The number of hydrogen-bond donors (Lipinski definition) is 1. The van der Waals surface area contributed by atoms with Gasteiger partial charge in [-0.2, -0.15) is 0 Å². The maximum atomic E-state index is 12.4. The molecule has 5 nitrogen and oxygen atoms in total. The van der Waals surface area contributed by atoms with Crippen LogP contribution in [0, 0.1) is 0 Å². The van der Waals surface area contributed by atoms with Crippen molar-refractivity contribution in [2.45, 2.75) is 24.7 Å². The second-order valence-electron chi connectivity index (χ2n) is 4.54. The summed E-state index contributed by atoms with van der Waals surface area (Å²) in [4.78, 5) is 4.59. The van der Waals surface area contributed by atoms with Gasteiger partial charge in [-0.15, -0.1) is 0 Å². The van der Waals surface area contributed by atoms with Gasteiger partial charge in [0.1, 0.15) is 5.82 Å². The quantitative estimate of drug-likeness (QED) is 0.876. The van der Waals surface area contributed by atoms with E-state index in [-0.39, 0.29) is 5.75 Å². The fraction of sp³-hybridized carbons (Fsp3) is 0.357. The van der Waals surface area contributed by atoms with Gasteiger partial charge in [0.05, 0.1) is 16.3 Å². The summed E-state index contributed by atoms with van der Waals surface area (Å²) < 4.78 is 26.5. The Labute approximate surface area is 119 Å². The van der Waals surface area contributed by atoms with Crippen molar-refractivity contribution in [3.8, 4) is 5.69 Å². The van der Waals surface area contributed by atoms with Crippen LogP contribution < -0.4 is 5.73 Å². The highest BCUT2D eigenvalue weighted by molar-refractivity contribution is 7.91. The number of imidazole rings is 1. The first kappa shape index (κ1) is 14.7. The van der Waals surface area contributed by atoms with Crippen LogP contribution in [-0.2, 0) is 16.3 Å². The second kappa shape index (κ2) is 6.19. The number of sulfone groups is 1. The minimum absolute atomic E-state index is 0.144. The molecule has 0 aliphatic heterocycles. The number of rotatable bonds is 6. The number of hydrogen-bond acceptors (Lipinski definition) is 4. The van der Waals surface area contributed by atoms with Gasteiger partial charge in [0.25, 0.3) is 0 Å². The highest BCUT2D eigenvalue weighted by Gasteiger charge is 2.19. The predicted molar refractivity (Wildman–Crippen MR) is 78.7 cm³/mol. The summed E-state index contributed by atoms with van der Waals surface area (Å²) in [6.07, 6.45) is 4.63. The Balaban J connectivity index is 2.55. The third-order valence-corrected chi connectivity index (χ3v) is 4.98. The van der Waals surface area contributed by atoms with Crippen molar-refractivity contribution in [2.24, 2.45) is 5.73 Å². The van der Waals surface area contributed by atoms with E-state index >= 15 is 0 Å². The van der Waals surface area contributed by atoms with E-state index in [1.165, 1.54) is 0 Å². The number of benzene rings is 1. The van der Waals surface area contributed by atoms with Gasteiger partial charge in [-0.1, -0.05) is 19.1 Å². The molecule has 0 spiro atoms. The van der Waals surface area contributed by atoms with Crippen LogP contribution in [-0.4, -0.2) is 30.3 Å². The van der Waals surface area contributed by atoms with Crippen molar-refractivity contribution in [3.63, 3.8) is 0 Å². The fourth-order valence-electron chi connectivity index (χ4n) is 2.17. The average molecular weight is 293 g/mol. The summed E-state index contributed by atoms with van der Waals surface area (Å²) >= 11 is 0. The SMILES string of the molecule is CCCS(=O)(=O)c1ccccc1-n1ccnc1CCN. The van der Waals surface area contributed by atoms with E-state index in [1.54, 1.807) is 35.2 Å². The van der Waals surface area contributed by atoms with Crippen molar-refractivity contribution in [2.75, 3.05) is 12.3 Å². The summed E-state index contributed by atoms with van der Waals surface area (Å²) in [6.45, 7) is 2.33. The Hall–Kier alpha value is -1.66. The molecule has 108 valence electrons. The van der Waals surface area contributed by atoms with E-state index in [1.807, 2.05) is 13.0 Å². The minimum atomic E-state index is -3.28. The van der Waals surface area contributed by atoms with Crippen molar-refractivity contribution >= 4 is 9.84 Å². The largest absolute Gasteiger partial charge is 0.330 e. The lowest BCUT2D eigenvalue weighted by Crippen LogP contribution is -2.13. The minimum Gasteiger partial charge on any atom is -0.330 e. The van der Waals surface area contributed by atoms with Crippen LogP contribution in [0.15, 0.2) is 41.6 Å². The maximum Gasteiger partial charge on any atom is 0.180 e. The molecule has 2 rings (SSSR count). The molecule has 0 bridgehead atoms. The Kier molecular flexibility index (Phi) is 4.57. The first-order chi connectivity index (χ1) is 9.60. The molecule has 0 amide bonds. The molecule has 0 saturated heterocycles. The van der Waals surface area contributed by atoms with E-state index in [9.17, 15) is 8.42 Å². The number of nitrogens with zero attached hydrogens (tertiary/aromatic N) is 2. The molecule has 20 heavy (non-hydrogen) atoms. The van der Waals surface area contributed by atoms with Crippen LogP contribution in [0.5, 0.6) is 0 Å². The molecule has 1 aromatic carbocycles. The van der Waals surface area contributed by atoms with Crippen molar-refractivity contribution in [1.29, 1.82) is 0 Å².